The van der Waals surface area contributed by atoms with E-state index in [1.807, 2.05) is 0 Å². The molecule has 0 aromatic rings. The Balaban J connectivity index is 0.000000292. The van der Waals surface area contributed by atoms with Gasteiger partial charge in [-0.1, -0.05) is 0 Å². The Morgan fingerprint density at radius 3 is 1.54 bits per heavy atom. The number of nitrogens with one attached hydrogen (secondary N) is 2. The number of nitrogens with zero attached hydrogens (tertiary/aromatic N) is 5. The van der Waals surface area contributed by atoms with E-state index in [9.17, 15) is 0 Å². The van der Waals surface area contributed by atoms with Crippen LogP contribution in [0.2, 0.25) is 58.9 Å². The summed E-state index contributed by atoms with van der Waals surface area (Å²) in [5, 5.41) is 0. The highest BCUT2D eigenvalue weighted by molar-refractivity contribution is 6.96. The van der Waals surface area contributed by atoms with Crippen LogP contribution < -0.4 is 9.30 Å². The van der Waals surface area contributed by atoms with Crippen molar-refractivity contribution in [3.05, 3.63) is 0 Å². The molecule has 0 unspecified atom stereocenters. The molecule has 0 aromatic heterocycles. The fourth-order valence-corrected chi connectivity index (χ4v) is 31.0. The van der Waals surface area contributed by atoms with Crippen LogP contribution in [0.5, 0.6) is 0 Å². The summed E-state index contributed by atoms with van der Waals surface area (Å²) in [5.74, 6) is 0. The van der Waals surface area contributed by atoms with Gasteiger partial charge in [0, 0.05) is 0 Å². The zero-order valence-electron chi connectivity index (χ0n) is 20.7. The Labute approximate surface area is 186 Å². The van der Waals surface area contributed by atoms with Crippen molar-refractivity contribution in [2.75, 3.05) is 35.2 Å². The van der Waals surface area contributed by atoms with E-state index in [1.54, 1.807) is 0 Å². The maximum Gasteiger partial charge on any atom is 0.234 e. The van der Waals surface area contributed by atoms with Gasteiger partial charge < -0.3 is 30.5 Å². The predicted octanol–water partition coefficient (Wildman–Crippen LogP) is 0.832. The third kappa shape index (κ3) is 5.53. The molecule has 0 atom stereocenters. The van der Waals surface area contributed by atoms with Crippen molar-refractivity contribution in [3.63, 3.8) is 0 Å². The molecule has 2 aliphatic rings. The molecular weight excluding hydrogens is 463 g/mol. The number of hydrogen-bond acceptors (Lipinski definition) is 7. The lowest BCUT2D eigenvalue weighted by molar-refractivity contribution is 0.563. The van der Waals surface area contributed by atoms with Crippen molar-refractivity contribution in [2.24, 2.45) is 0 Å². The van der Waals surface area contributed by atoms with E-state index in [0.717, 1.165) is 19.7 Å². The standard InChI is InChI=1S/C8H25N4Si4.C6H19N3Si3/c1-10-13-9-14(4)11(2)16(7,8)12(3)15(10,5)6;1-8-10-7-11(3,4)9(2)12(8,5)6/h9H,1-8H3;7H,1-6H3. The van der Waals surface area contributed by atoms with Crippen LogP contribution in [0.25, 0.3) is 0 Å². The monoisotopic (exact) mass is 506 g/mol. The Bertz CT molecular complexity index is 534. The first-order valence-electron chi connectivity index (χ1n) is 9.97. The average Bonchev–Trinajstić information content (AvgIpc) is 2.60. The molecule has 163 valence electrons. The quantitative estimate of drug-likeness (QED) is 0.472. The first-order valence-corrected chi connectivity index (χ1v) is 25.4. The van der Waals surface area contributed by atoms with Crippen LogP contribution in [-0.2, 0) is 0 Å². The third-order valence-electron chi connectivity index (χ3n) is 7.20. The molecule has 2 heterocycles. The summed E-state index contributed by atoms with van der Waals surface area (Å²) in [7, 11) is 7.11. The Hall–Kier alpha value is 1.24. The lowest BCUT2D eigenvalue weighted by atomic mass is 11.6. The molecule has 2 N–H and O–H groups in total. The van der Waals surface area contributed by atoms with Crippen molar-refractivity contribution < 1.29 is 0 Å². The smallest absolute Gasteiger partial charge is 0.234 e. The highest BCUT2D eigenvalue weighted by Crippen LogP contribution is 2.23. The fourth-order valence-electron chi connectivity index (χ4n) is 3.27. The molecule has 2 aliphatic heterocycles. The van der Waals surface area contributed by atoms with Crippen molar-refractivity contribution in [2.45, 2.75) is 58.9 Å². The van der Waals surface area contributed by atoms with Gasteiger partial charge in [-0.3, -0.25) is 0 Å². The maximum absolute atomic E-state index is 3.74. The molecule has 2 saturated heterocycles. The largest absolute Gasteiger partial charge is 0.337 e. The molecule has 7 nitrogen and oxygen atoms in total. The van der Waals surface area contributed by atoms with Crippen LogP contribution in [0.3, 0.4) is 0 Å². The van der Waals surface area contributed by atoms with E-state index in [0.29, 0.717) is 0 Å². The summed E-state index contributed by atoms with van der Waals surface area (Å²) >= 11 is 0. The number of hydrogen-bond donors (Lipinski definition) is 2. The van der Waals surface area contributed by atoms with Gasteiger partial charge in [0.05, 0.1) is 0 Å². The fraction of sp³-hybridized carbons (Fsp3) is 1.00. The molecule has 2 rings (SSSR count). The highest BCUT2D eigenvalue weighted by atomic mass is 28.5. The summed E-state index contributed by atoms with van der Waals surface area (Å²) in [6, 6.07) is 0. The average molecular weight is 507 g/mol. The normalized spacial score (nSPS) is 30.2. The lowest BCUT2D eigenvalue weighted by Gasteiger charge is -2.54. The van der Waals surface area contributed by atoms with Gasteiger partial charge in [0.15, 0.2) is 33.6 Å². The van der Waals surface area contributed by atoms with Crippen molar-refractivity contribution in [3.8, 4) is 0 Å². The van der Waals surface area contributed by atoms with E-state index in [2.05, 4.69) is 125 Å². The van der Waals surface area contributed by atoms with E-state index in [4.69, 9.17) is 0 Å². The summed E-state index contributed by atoms with van der Waals surface area (Å²) < 4.78 is 20.5. The summed E-state index contributed by atoms with van der Waals surface area (Å²) in [4.78, 5) is 0. The molecule has 0 saturated carbocycles. The van der Waals surface area contributed by atoms with Crippen LogP contribution in [0, 0.1) is 0 Å². The molecule has 0 spiro atoms. The van der Waals surface area contributed by atoms with Crippen LogP contribution in [-0.4, -0.2) is 119 Å². The second-order valence-electron chi connectivity index (χ2n) is 9.90. The Morgan fingerprint density at radius 1 is 0.643 bits per heavy atom. The first-order chi connectivity index (χ1) is 12.4. The molecule has 0 amide bonds. The van der Waals surface area contributed by atoms with E-state index in [-0.39, 0.29) is 0 Å². The van der Waals surface area contributed by atoms with Crippen LogP contribution in [0.4, 0.5) is 0 Å². The minimum atomic E-state index is -1.45. The first kappa shape index (κ1) is 27.3. The van der Waals surface area contributed by atoms with Crippen LogP contribution >= 0.6 is 0 Å². The second kappa shape index (κ2) is 9.39. The minimum absolute atomic E-state index is 0.555. The molecule has 5 radical (unpaired) electrons. The molecule has 0 bridgehead atoms. The molecule has 2 fully saturated rings. The van der Waals surface area contributed by atoms with Crippen molar-refractivity contribution in [1.82, 2.24) is 30.5 Å². The molecule has 0 aromatic carbocycles. The SMILES string of the molecule is CN1[Si]N[Si](C)(C)N(C)[Si]1(C)C.CN1[Si]N[Si](C)N(C)[Si](C)(C)N(C)[Si]1(C)C. The van der Waals surface area contributed by atoms with Crippen molar-refractivity contribution in [1.29, 1.82) is 0 Å². The van der Waals surface area contributed by atoms with Gasteiger partial charge >= 0.3 is 0 Å². The Morgan fingerprint density at radius 2 is 1.07 bits per heavy atom. The van der Waals surface area contributed by atoms with Gasteiger partial charge in [-0.25, -0.2) is 0 Å². The van der Waals surface area contributed by atoms with Crippen LogP contribution in [0.1, 0.15) is 0 Å². The van der Waals surface area contributed by atoms with Gasteiger partial charge in [-0.05, 0) is 94.2 Å². The minimum Gasteiger partial charge on any atom is -0.337 e. The summed E-state index contributed by atoms with van der Waals surface area (Å²) in [6.07, 6.45) is 0. The lowest BCUT2D eigenvalue weighted by Crippen LogP contribution is -2.79. The van der Waals surface area contributed by atoms with Crippen molar-refractivity contribution >= 4 is 62.4 Å². The molecule has 14 heteroatoms. The summed E-state index contributed by atoms with van der Waals surface area (Å²) in [6.45, 7) is 21.9. The molecule has 28 heavy (non-hydrogen) atoms. The Kier molecular flexibility index (Phi) is 9.14. The van der Waals surface area contributed by atoms with E-state index < -0.39 is 42.7 Å². The summed E-state index contributed by atoms with van der Waals surface area (Å²) in [5.41, 5.74) is 0. The second-order valence-corrected chi connectivity index (χ2v) is 34.5. The van der Waals surface area contributed by atoms with Crippen LogP contribution in [0.15, 0.2) is 0 Å². The predicted molar refractivity (Wildman–Crippen MR) is 138 cm³/mol. The van der Waals surface area contributed by atoms with Gasteiger partial charge in [-0.15, -0.1) is 0 Å². The van der Waals surface area contributed by atoms with Gasteiger partial charge in [0.1, 0.15) is 0 Å². The zero-order chi connectivity index (χ0) is 22.3. The molecule has 0 aliphatic carbocycles. The van der Waals surface area contributed by atoms with E-state index >= 15 is 0 Å². The zero-order valence-corrected chi connectivity index (χ0v) is 27.7. The van der Waals surface area contributed by atoms with Gasteiger partial charge in [-0.2, -0.15) is 0 Å². The topological polar surface area (TPSA) is 40.3 Å². The number of rotatable bonds is 0. The highest BCUT2D eigenvalue weighted by Gasteiger charge is 2.47. The van der Waals surface area contributed by atoms with Gasteiger partial charge in [0.2, 0.25) is 28.8 Å². The van der Waals surface area contributed by atoms with Gasteiger partial charge in [0.25, 0.3) is 0 Å². The maximum atomic E-state index is 3.74. The third-order valence-corrected chi connectivity index (χ3v) is 38.4. The van der Waals surface area contributed by atoms with E-state index in [1.165, 1.54) is 0 Å². The molecular formula is C14H44N7Si7.